The Kier molecular flexibility index (Phi) is 6.53. The number of nitrogens with one attached hydrogen (secondary N) is 1. The molecule has 0 saturated carbocycles. The summed E-state index contributed by atoms with van der Waals surface area (Å²) < 4.78 is 2.25. The summed E-state index contributed by atoms with van der Waals surface area (Å²) in [6.45, 7) is 11.7. The lowest BCUT2D eigenvalue weighted by Crippen LogP contribution is -2.52. The smallest absolute Gasteiger partial charge is 0.194 e. The van der Waals surface area contributed by atoms with E-state index in [4.69, 9.17) is 4.99 Å². The highest BCUT2D eigenvalue weighted by Crippen LogP contribution is 2.27. The molecule has 0 bridgehead atoms. The Morgan fingerprint density at radius 1 is 1.23 bits per heavy atom. The first-order valence-corrected chi connectivity index (χ1v) is 9.98. The van der Waals surface area contributed by atoms with Crippen LogP contribution in [-0.4, -0.2) is 96.2 Å². The van der Waals surface area contributed by atoms with Crippen LogP contribution in [0.4, 0.5) is 0 Å². The minimum atomic E-state index is 0.457. The van der Waals surface area contributed by atoms with Gasteiger partial charge in [0, 0.05) is 57.7 Å². The van der Waals surface area contributed by atoms with Gasteiger partial charge >= 0.3 is 0 Å². The van der Waals surface area contributed by atoms with Crippen molar-refractivity contribution < 1.29 is 0 Å². The van der Waals surface area contributed by atoms with Crippen molar-refractivity contribution in [1.82, 2.24) is 29.6 Å². The fraction of sp³-hybridized carbons (Fsp3) is 0.789. The van der Waals surface area contributed by atoms with Crippen molar-refractivity contribution in [2.45, 2.75) is 32.4 Å². The van der Waals surface area contributed by atoms with Crippen LogP contribution in [0.2, 0.25) is 0 Å². The van der Waals surface area contributed by atoms with Crippen molar-refractivity contribution in [2.24, 2.45) is 10.9 Å². The molecule has 26 heavy (non-hydrogen) atoms. The summed E-state index contributed by atoms with van der Waals surface area (Å²) in [5.41, 5.74) is 0. The summed E-state index contributed by atoms with van der Waals surface area (Å²) in [5.74, 6) is 1.72. The number of piperazine rings is 1. The molecular weight excluding hydrogens is 326 g/mol. The molecule has 2 aliphatic rings. The second kappa shape index (κ2) is 8.86. The second-order valence-electron chi connectivity index (χ2n) is 7.88. The molecule has 0 radical (unpaired) electrons. The topological polar surface area (TPSA) is 51.9 Å². The van der Waals surface area contributed by atoms with Gasteiger partial charge in [-0.15, -0.1) is 0 Å². The first-order valence-electron chi connectivity index (χ1n) is 9.98. The summed E-state index contributed by atoms with van der Waals surface area (Å²) >= 11 is 0. The number of aromatic nitrogens is 2. The van der Waals surface area contributed by atoms with E-state index in [2.05, 4.69) is 63.7 Å². The zero-order valence-electron chi connectivity index (χ0n) is 16.8. The molecule has 7 nitrogen and oxygen atoms in total. The van der Waals surface area contributed by atoms with Crippen LogP contribution in [-0.2, 0) is 0 Å². The number of piperidine rings is 1. The quantitative estimate of drug-likeness (QED) is 0.640. The van der Waals surface area contributed by atoms with Gasteiger partial charge in [0.2, 0.25) is 0 Å². The molecule has 3 unspecified atom stereocenters. The van der Waals surface area contributed by atoms with E-state index in [1.165, 1.54) is 6.42 Å². The van der Waals surface area contributed by atoms with Crippen molar-refractivity contribution in [2.75, 3.05) is 59.9 Å². The van der Waals surface area contributed by atoms with Crippen molar-refractivity contribution in [3.05, 3.63) is 18.7 Å². The molecule has 2 aliphatic heterocycles. The van der Waals surface area contributed by atoms with Gasteiger partial charge in [0.05, 0.1) is 18.9 Å². The molecule has 2 saturated heterocycles. The molecule has 0 aromatic carbocycles. The van der Waals surface area contributed by atoms with E-state index in [0.717, 1.165) is 51.8 Å². The predicted molar refractivity (Wildman–Crippen MR) is 107 cm³/mol. The van der Waals surface area contributed by atoms with E-state index in [9.17, 15) is 0 Å². The van der Waals surface area contributed by atoms with Crippen LogP contribution in [0.1, 0.15) is 26.3 Å². The lowest BCUT2D eigenvalue weighted by Gasteiger charge is -2.40. The predicted octanol–water partition coefficient (Wildman–Crippen LogP) is 0.977. The largest absolute Gasteiger partial charge is 0.357 e. The fourth-order valence-corrected chi connectivity index (χ4v) is 4.01. The maximum absolute atomic E-state index is 5.02. The Bertz CT molecular complexity index is 570. The molecule has 0 spiro atoms. The Hall–Kier alpha value is -1.60. The van der Waals surface area contributed by atoms with Gasteiger partial charge < -0.3 is 19.7 Å². The van der Waals surface area contributed by atoms with E-state index >= 15 is 0 Å². The van der Waals surface area contributed by atoms with E-state index in [1.807, 2.05) is 12.5 Å². The third-order valence-corrected chi connectivity index (χ3v) is 5.89. The van der Waals surface area contributed by atoms with Crippen LogP contribution in [0.3, 0.4) is 0 Å². The fourth-order valence-electron chi connectivity index (χ4n) is 4.01. The molecule has 146 valence electrons. The summed E-state index contributed by atoms with van der Waals surface area (Å²) in [6, 6.07) is 0.953. The Morgan fingerprint density at radius 3 is 2.81 bits per heavy atom. The number of aliphatic imine (C=N–C) groups is 1. The number of likely N-dealkylation sites (tertiary alicyclic amines) is 1. The molecule has 1 aromatic rings. The zero-order valence-corrected chi connectivity index (χ0v) is 16.8. The first-order chi connectivity index (χ1) is 12.6. The molecule has 2 fully saturated rings. The van der Waals surface area contributed by atoms with Crippen LogP contribution >= 0.6 is 0 Å². The normalized spacial score (nSPS) is 29.2. The third-order valence-electron chi connectivity index (χ3n) is 5.89. The van der Waals surface area contributed by atoms with Crippen LogP contribution in [0.5, 0.6) is 0 Å². The van der Waals surface area contributed by atoms with Crippen molar-refractivity contribution in [3.63, 3.8) is 0 Å². The van der Waals surface area contributed by atoms with Gasteiger partial charge in [0.25, 0.3) is 0 Å². The van der Waals surface area contributed by atoms with Crippen LogP contribution < -0.4 is 5.32 Å². The lowest BCUT2D eigenvalue weighted by atomic mass is 9.93. The average molecular weight is 362 g/mol. The van der Waals surface area contributed by atoms with Gasteiger partial charge in [0.1, 0.15) is 0 Å². The highest BCUT2D eigenvalue weighted by molar-refractivity contribution is 5.80. The molecule has 3 rings (SSSR count). The number of hydrogen-bond acceptors (Lipinski definition) is 4. The number of guanidine groups is 1. The van der Waals surface area contributed by atoms with Gasteiger partial charge in [-0.3, -0.25) is 9.89 Å². The molecule has 1 aromatic heterocycles. The van der Waals surface area contributed by atoms with Gasteiger partial charge in [0.15, 0.2) is 5.96 Å². The van der Waals surface area contributed by atoms with Crippen molar-refractivity contribution >= 4 is 5.96 Å². The Balaban J connectivity index is 1.68. The van der Waals surface area contributed by atoms with Crippen LogP contribution in [0, 0.1) is 5.92 Å². The average Bonchev–Trinajstić information content (AvgIpc) is 3.16. The van der Waals surface area contributed by atoms with E-state index in [1.54, 1.807) is 0 Å². The minimum absolute atomic E-state index is 0.457. The number of imidazole rings is 1. The lowest BCUT2D eigenvalue weighted by molar-refractivity contribution is 0.119. The highest BCUT2D eigenvalue weighted by Gasteiger charge is 2.29. The maximum atomic E-state index is 5.02. The Morgan fingerprint density at radius 2 is 2.08 bits per heavy atom. The van der Waals surface area contributed by atoms with E-state index in [0.29, 0.717) is 18.0 Å². The molecule has 3 heterocycles. The summed E-state index contributed by atoms with van der Waals surface area (Å²) in [6.07, 6.45) is 7.09. The Labute approximate surface area is 158 Å². The second-order valence-corrected chi connectivity index (χ2v) is 7.88. The van der Waals surface area contributed by atoms with Crippen LogP contribution in [0.25, 0.3) is 0 Å². The number of hydrogen-bond donors (Lipinski definition) is 1. The van der Waals surface area contributed by atoms with Gasteiger partial charge in [-0.1, -0.05) is 6.92 Å². The molecule has 3 atom stereocenters. The van der Waals surface area contributed by atoms with Gasteiger partial charge in [-0.2, -0.15) is 0 Å². The molecule has 1 N–H and O–H groups in total. The van der Waals surface area contributed by atoms with Crippen molar-refractivity contribution in [1.29, 1.82) is 0 Å². The standard InChI is InChI=1S/C19H35N7/c1-5-21-19(22-12-17-13-23(3)10-11-24(17)4)25-8-6-16(2)18(14-25)26-9-7-20-15-26/h7,9,15-18H,5-6,8,10-14H2,1-4H3,(H,21,22). The SMILES string of the molecule is CCNC(=NCC1CN(C)CCN1C)N1CCC(C)C(n2ccnc2)C1. The van der Waals surface area contributed by atoms with Crippen LogP contribution in [0.15, 0.2) is 23.7 Å². The first kappa shape index (κ1) is 19.2. The third kappa shape index (κ3) is 4.57. The van der Waals surface area contributed by atoms with E-state index < -0.39 is 0 Å². The molecule has 0 aliphatic carbocycles. The number of rotatable bonds is 4. The minimum Gasteiger partial charge on any atom is -0.357 e. The van der Waals surface area contributed by atoms with Gasteiger partial charge in [-0.25, -0.2) is 4.98 Å². The zero-order chi connectivity index (χ0) is 18.5. The maximum Gasteiger partial charge on any atom is 0.194 e. The van der Waals surface area contributed by atoms with Gasteiger partial charge in [-0.05, 0) is 33.4 Å². The monoisotopic (exact) mass is 361 g/mol. The molecular formula is C19H35N7. The van der Waals surface area contributed by atoms with E-state index in [-0.39, 0.29) is 0 Å². The van der Waals surface area contributed by atoms with Crippen molar-refractivity contribution in [3.8, 4) is 0 Å². The highest BCUT2D eigenvalue weighted by atomic mass is 15.3. The molecule has 0 amide bonds. The summed E-state index contributed by atoms with van der Waals surface area (Å²) in [5, 5.41) is 3.52. The summed E-state index contributed by atoms with van der Waals surface area (Å²) in [7, 11) is 4.43. The number of likely N-dealkylation sites (N-methyl/N-ethyl adjacent to an activating group) is 2. The number of nitrogens with zero attached hydrogens (tertiary/aromatic N) is 6. The molecule has 7 heteroatoms. The summed E-state index contributed by atoms with van der Waals surface area (Å²) in [4.78, 5) is 16.5.